The Hall–Kier alpha value is -1.38. The van der Waals surface area contributed by atoms with Crippen LogP contribution in [-0.2, 0) is 9.59 Å². The molecule has 0 aromatic carbocycles. The molecule has 0 spiro atoms. The minimum Gasteiger partial charge on any atom is -0.382 e. The van der Waals surface area contributed by atoms with Crippen LogP contribution in [0, 0.1) is 5.92 Å². The Morgan fingerprint density at radius 1 is 1.29 bits per heavy atom. The zero-order valence-electron chi connectivity index (χ0n) is 8.54. The van der Waals surface area contributed by atoms with Gasteiger partial charge in [-0.15, -0.1) is 0 Å². The number of nitrogens with one attached hydrogen (secondary N) is 1. The van der Waals surface area contributed by atoms with Crippen molar-refractivity contribution in [1.29, 1.82) is 0 Å². The van der Waals surface area contributed by atoms with Crippen molar-refractivity contribution in [3.8, 4) is 0 Å². The second kappa shape index (κ2) is 4.74. The number of carbonyl (C=O) groups is 2. The molecule has 0 fully saturated rings. The normalized spacial score (nSPS) is 16.1. The summed E-state index contributed by atoms with van der Waals surface area (Å²) in [5, 5.41) is 2.97. The van der Waals surface area contributed by atoms with Crippen LogP contribution in [0.4, 0.5) is 0 Å². The van der Waals surface area contributed by atoms with Gasteiger partial charge in [0.15, 0.2) is 5.78 Å². The van der Waals surface area contributed by atoms with E-state index < -0.39 is 0 Å². The van der Waals surface area contributed by atoms with Crippen LogP contribution >= 0.6 is 0 Å². The molecule has 0 bridgehead atoms. The highest BCUT2D eigenvalue weighted by Gasteiger charge is 2.12. The summed E-state index contributed by atoms with van der Waals surface area (Å²) in [6.45, 7) is 4.96. The molecule has 14 heavy (non-hydrogen) atoms. The number of allylic oxidation sites excluding steroid dienone is 3. The van der Waals surface area contributed by atoms with Crippen molar-refractivity contribution in [2.45, 2.75) is 20.3 Å². The lowest BCUT2D eigenvalue weighted by molar-refractivity contribution is -0.114. The van der Waals surface area contributed by atoms with Crippen LogP contribution in [0.25, 0.3) is 0 Å². The molecule has 1 rings (SSSR count). The van der Waals surface area contributed by atoms with E-state index >= 15 is 0 Å². The van der Waals surface area contributed by atoms with E-state index in [1.54, 1.807) is 0 Å². The van der Waals surface area contributed by atoms with Crippen molar-refractivity contribution >= 4 is 11.6 Å². The summed E-state index contributed by atoms with van der Waals surface area (Å²) in [6.07, 6.45) is 4.93. The van der Waals surface area contributed by atoms with Crippen LogP contribution in [0.15, 0.2) is 23.9 Å². The molecule has 3 nitrogen and oxygen atoms in total. The third kappa shape index (κ3) is 3.17. The molecule has 1 N–H and O–H groups in total. The van der Waals surface area contributed by atoms with Gasteiger partial charge in [-0.1, -0.05) is 13.8 Å². The molecule has 0 atom stereocenters. The Morgan fingerprint density at radius 2 is 2.00 bits per heavy atom. The lowest BCUT2D eigenvalue weighted by Gasteiger charge is -2.11. The summed E-state index contributed by atoms with van der Waals surface area (Å²) in [5.74, 6) is 0.345. The molecule has 1 aliphatic rings. The van der Waals surface area contributed by atoms with Crippen LogP contribution in [0.3, 0.4) is 0 Å². The summed E-state index contributed by atoms with van der Waals surface area (Å²) < 4.78 is 0. The Morgan fingerprint density at radius 3 is 2.64 bits per heavy atom. The van der Waals surface area contributed by atoms with Crippen molar-refractivity contribution in [1.82, 2.24) is 5.32 Å². The van der Waals surface area contributed by atoms with Crippen molar-refractivity contribution in [3.63, 3.8) is 0 Å². The van der Waals surface area contributed by atoms with Gasteiger partial charge in [-0.2, -0.15) is 0 Å². The maximum Gasteiger partial charge on any atom is 0.201 e. The van der Waals surface area contributed by atoms with Gasteiger partial charge in [0, 0.05) is 12.6 Å². The molecule has 0 radical (unpaired) electrons. The second-order valence-corrected chi connectivity index (χ2v) is 3.77. The molecular formula is C11H15NO2. The smallest absolute Gasteiger partial charge is 0.201 e. The maximum atomic E-state index is 11.2. The van der Waals surface area contributed by atoms with Gasteiger partial charge in [-0.05, 0) is 24.5 Å². The quantitative estimate of drug-likeness (QED) is 0.683. The molecule has 1 aliphatic carbocycles. The van der Waals surface area contributed by atoms with Crippen molar-refractivity contribution in [2.24, 2.45) is 5.92 Å². The summed E-state index contributed by atoms with van der Waals surface area (Å²) >= 11 is 0. The van der Waals surface area contributed by atoms with Gasteiger partial charge in [0.25, 0.3) is 0 Å². The minimum absolute atomic E-state index is 0.117. The SMILES string of the molecule is CC(C)CCNC1=CC(=O)C=CC1=O. The van der Waals surface area contributed by atoms with Gasteiger partial charge >= 0.3 is 0 Å². The summed E-state index contributed by atoms with van der Waals surface area (Å²) in [7, 11) is 0. The lowest BCUT2D eigenvalue weighted by atomic mass is 10.1. The van der Waals surface area contributed by atoms with Gasteiger partial charge in [0.1, 0.15) is 0 Å². The van der Waals surface area contributed by atoms with E-state index in [-0.39, 0.29) is 11.6 Å². The molecule has 0 aliphatic heterocycles. The molecule has 0 amide bonds. The third-order valence-corrected chi connectivity index (χ3v) is 1.99. The lowest BCUT2D eigenvalue weighted by Crippen LogP contribution is -2.24. The maximum absolute atomic E-state index is 11.2. The predicted octanol–water partition coefficient (Wildman–Crippen LogP) is 1.21. The second-order valence-electron chi connectivity index (χ2n) is 3.77. The molecule has 3 heteroatoms. The van der Waals surface area contributed by atoms with Crippen LogP contribution in [-0.4, -0.2) is 18.1 Å². The van der Waals surface area contributed by atoms with Gasteiger partial charge in [-0.25, -0.2) is 0 Å². The van der Waals surface area contributed by atoms with E-state index in [1.165, 1.54) is 18.2 Å². The number of ketones is 2. The highest BCUT2D eigenvalue weighted by molar-refractivity contribution is 6.16. The van der Waals surface area contributed by atoms with Gasteiger partial charge in [0.2, 0.25) is 5.78 Å². The molecular weight excluding hydrogens is 178 g/mol. The standard InChI is InChI=1S/C11H15NO2/c1-8(2)5-6-12-10-7-9(13)3-4-11(10)14/h3-4,7-8,12H,5-6H2,1-2H3. The molecule has 76 valence electrons. The van der Waals surface area contributed by atoms with Crippen LogP contribution < -0.4 is 5.32 Å². The first-order chi connectivity index (χ1) is 6.59. The first-order valence-electron chi connectivity index (χ1n) is 4.81. The monoisotopic (exact) mass is 193 g/mol. The summed E-state index contributed by atoms with van der Waals surface area (Å²) in [5.41, 5.74) is 0.415. The largest absolute Gasteiger partial charge is 0.382 e. The Balaban J connectivity index is 2.44. The van der Waals surface area contributed by atoms with Crippen molar-refractivity contribution in [3.05, 3.63) is 23.9 Å². The third-order valence-electron chi connectivity index (χ3n) is 1.99. The van der Waals surface area contributed by atoms with Crippen molar-refractivity contribution in [2.75, 3.05) is 6.54 Å². The number of rotatable bonds is 4. The van der Waals surface area contributed by atoms with Gasteiger partial charge < -0.3 is 5.32 Å². The highest BCUT2D eigenvalue weighted by Crippen LogP contribution is 2.03. The van der Waals surface area contributed by atoms with Gasteiger partial charge in [-0.3, -0.25) is 9.59 Å². The molecule has 0 aromatic heterocycles. The van der Waals surface area contributed by atoms with E-state index in [0.717, 1.165) is 13.0 Å². The Labute approximate surface area is 83.9 Å². The number of hydrogen-bond donors (Lipinski definition) is 1. The van der Waals surface area contributed by atoms with E-state index in [0.29, 0.717) is 11.6 Å². The first-order valence-corrected chi connectivity index (χ1v) is 4.81. The minimum atomic E-state index is -0.128. The van der Waals surface area contributed by atoms with E-state index in [1.807, 2.05) is 0 Å². The molecule has 0 saturated carbocycles. The van der Waals surface area contributed by atoms with E-state index in [4.69, 9.17) is 0 Å². The van der Waals surface area contributed by atoms with Crippen LogP contribution in [0.2, 0.25) is 0 Å². The molecule has 0 unspecified atom stereocenters. The van der Waals surface area contributed by atoms with Crippen LogP contribution in [0.1, 0.15) is 20.3 Å². The molecule has 0 aromatic rings. The molecule has 0 heterocycles. The first kappa shape index (κ1) is 10.7. The average Bonchev–Trinajstić information content (AvgIpc) is 2.10. The Kier molecular flexibility index (Phi) is 3.63. The van der Waals surface area contributed by atoms with Crippen LogP contribution in [0.5, 0.6) is 0 Å². The fourth-order valence-electron chi connectivity index (χ4n) is 1.14. The fraction of sp³-hybridized carbons (Fsp3) is 0.455. The fourth-order valence-corrected chi connectivity index (χ4v) is 1.14. The summed E-state index contributed by atoms with van der Waals surface area (Å²) in [6, 6.07) is 0. The summed E-state index contributed by atoms with van der Waals surface area (Å²) in [4.78, 5) is 22.2. The van der Waals surface area contributed by atoms with Crippen molar-refractivity contribution < 1.29 is 9.59 Å². The zero-order valence-corrected chi connectivity index (χ0v) is 8.54. The zero-order chi connectivity index (χ0) is 10.6. The number of carbonyl (C=O) groups excluding carboxylic acids is 2. The number of hydrogen-bond acceptors (Lipinski definition) is 3. The average molecular weight is 193 g/mol. The van der Waals surface area contributed by atoms with E-state index in [2.05, 4.69) is 19.2 Å². The van der Waals surface area contributed by atoms with Gasteiger partial charge in [0.05, 0.1) is 5.70 Å². The topological polar surface area (TPSA) is 46.2 Å². The Bertz CT molecular complexity index is 300. The predicted molar refractivity (Wildman–Crippen MR) is 54.7 cm³/mol. The highest BCUT2D eigenvalue weighted by atomic mass is 16.1. The van der Waals surface area contributed by atoms with E-state index in [9.17, 15) is 9.59 Å². The molecule has 0 saturated heterocycles.